The maximum absolute atomic E-state index is 13.9. The number of hydrogen-bond donors (Lipinski definition) is 4. The van der Waals surface area contributed by atoms with Crippen LogP contribution in [0.3, 0.4) is 0 Å². The quantitative estimate of drug-likeness (QED) is 0.337. The number of aliphatic hydroxyl groups excluding tert-OH is 2. The second kappa shape index (κ2) is 14.3. The number of nitrogens with one attached hydrogen (secondary N) is 1. The van der Waals surface area contributed by atoms with Crippen LogP contribution in [0.15, 0.2) is 0 Å². The van der Waals surface area contributed by atoms with Gasteiger partial charge < -0.3 is 49.2 Å². The first kappa shape index (κ1) is 36.9. The van der Waals surface area contributed by atoms with Gasteiger partial charge in [-0.3, -0.25) is 4.79 Å². The molecule has 0 amide bonds. The molecule has 262 valence electrons. The molecule has 0 radical (unpaired) electrons. The minimum atomic E-state index is -1.68. The van der Waals surface area contributed by atoms with E-state index in [0.29, 0.717) is 38.6 Å². The summed E-state index contributed by atoms with van der Waals surface area (Å²) in [6.45, 7) is 15.7. The lowest BCUT2D eigenvalue weighted by Gasteiger charge is -2.47. The van der Waals surface area contributed by atoms with E-state index in [4.69, 9.17) is 23.7 Å². The molecule has 4 rings (SSSR count). The fraction of sp³-hybridized carbons (Fsp3) is 0.971. The van der Waals surface area contributed by atoms with E-state index in [2.05, 4.69) is 19.2 Å². The number of aliphatic hydroxyl groups is 3. The Bertz CT molecular complexity index is 991. The van der Waals surface area contributed by atoms with Crippen LogP contribution in [0, 0.1) is 17.8 Å². The van der Waals surface area contributed by atoms with Gasteiger partial charge in [0.2, 0.25) is 0 Å². The average molecular weight is 643 g/mol. The summed E-state index contributed by atoms with van der Waals surface area (Å²) in [6.07, 6.45) is -0.406. The number of ether oxygens (including phenoxy) is 5. The highest BCUT2D eigenvalue weighted by molar-refractivity contribution is 5.73. The molecule has 0 aromatic rings. The number of fused-ring (bicyclic) bond motifs is 3. The van der Waals surface area contributed by atoms with Crippen LogP contribution >= 0.6 is 0 Å². The van der Waals surface area contributed by atoms with E-state index in [-0.39, 0.29) is 24.0 Å². The Kier molecular flexibility index (Phi) is 11.7. The van der Waals surface area contributed by atoms with Crippen molar-refractivity contribution < 1.29 is 43.8 Å². The second-order valence-electron chi connectivity index (χ2n) is 15.4. The van der Waals surface area contributed by atoms with Crippen LogP contribution in [-0.2, 0) is 28.5 Å². The normalized spacial score (nSPS) is 48.5. The molecule has 0 aromatic heterocycles. The first-order chi connectivity index (χ1) is 20.9. The van der Waals surface area contributed by atoms with Crippen LogP contribution in [0.5, 0.6) is 0 Å². The summed E-state index contributed by atoms with van der Waals surface area (Å²) in [5.74, 6) is -2.44. The number of likely N-dealkylation sites (N-methyl/N-ethyl adjacent to an activating group) is 1. The van der Waals surface area contributed by atoms with Gasteiger partial charge in [0, 0.05) is 30.8 Å². The maximum Gasteiger partial charge on any atom is 0.311 e. The lowest BCUT2D eigenvalue weighted by molar-refractivity contribution is -0.322. The fourth-order valence-electron chi connectivity index (χ4n) is 8.46. The van der Waals surface area contributed by atoms with Crippen LogP contribution in [0.4, 0.5) is 0 Å². The number of rotatable bonds is 4. The third-order valence-corrected chi connectivity index (χ3v) is 11.1. The molecule has 1 aliphatic carbocycles. The first-order valence-electron chi connectivity index (χ1n) is 17.3. The summed E-state index contributed by atoms with van der Waals surface area (Å²) in [6, 6.07) is -0.623. The number of esters is 1. The number of cyclic esters (lactones) is 1. The van der Waals surface area contributed by atoms with Crippen molar-refractivity contribution in [3.8, 4) is 0 Å². The lowest BCUT2D eigenvalue weighted by Crippen LogP contribution is -2.59. The predicted molar refractivity (Wildman–Crippen MR) is 169 cm³/mol. The van der Waals surface area contributed by atoms with Crippen LogP contribution in [0.1, 0.15) is 100 Å². The van der Waals surface area contributed by atoms with Gasteiger partial charge in [0.25, 0.3) is 0 Å². The minimum Gasteiger partial charge on any atom is -0.459 e. The molecule has 45 heavy (non-hydrogen) atoms. The number of carbonyl (C=O) groups excluding carboxylic acids is 1. The molecule has 3 aliphatic heterocycles. The summed E-state index contributed by atoms with van der Waals surface area (Å²) in [7, 11) is 3.90. The number of carbonyl (C=O) groups is 1. The highest BCUT2D eigenvalue weighted by Crippen LogP contribution is 2.49. The Labute approximate surface area is 270 Å². The van der Waals surface area contributed by atoms with Gasteiger partial charge in [0.15, 0.2) is 12.1 Å². The third kappa shape index (κ3) is 7.73. The Balaban J connectivity index is 1.80. The van der Waals surface area contributed by atoms with E-state index in [0.717, 1.165) is 12.8 Å². The van der Waals surface area contributed by atoms with Crippen molar-refractivity contribution in [1.29, 1.82) is 0 Å². The van der Waals surface area contributed by atoms with Crippen LogP contribution in [0.2, 0.25) is 0 Å². The van der Waals surface area contributed by atoms with Gasteiger partial charge in [-0.25, -0.2) is 0 Å². The summed E-state index contributed by atoms with van der Waals surface area (Å²) in [5, 5.41) is 37.6. The smallest absolute Gasteiger partial charge is 0.311 e. The SMILES string of the molecule is CC[C@@H]1OC(=O)[C@H](C)[C@H]2OC3(CCCC3)OC(C)(C[C@@H](C)CN[C@@H](C)[C@@H](O)[C@]1(C)O)[C@H](OC1O[C@H](C)C[C@H](N(C)C)[C@H]1O)[C@H]2C. The van der Waals surface area contributed by atoms with Crippen LogP contribution in [-0.4, -0.2) is 119 Å². The monoisotopic (exact) mass is 642 g/mol. The first-order valence-corrected chi connectivity index (χ1v) is 17.3. The number of nitrogens with zero attached hydrogens (tertiary/aromatic N) is 1. The lowest BCUT2D eigenvalue weighted by atomic mass is 9.78. The zero-order valence-corrected chi connectivity index (χ0v) is 29.3. The summed E-state index contributed by atoms with van der Waals surface area (Å²) < 4.78 is 33.3. The van der Waals surface area contributed by atoms with Crippen molar-refractivity contribution in [2.75, 3.05) is 20.6 Å². The Morgan fingerprint density at radius 2 is 1.71 bits per heavy atom. The standard InChI is InChI=1S/C34H62N2O9/c1-11-25-33(8,40)28(38)23(6)35-18-19(2)17-32(7)29(43-31-26(37)24(36(9)10)16-20(3)41-31)21(4)27(22(5)30(39)42-25)44-34(45-32)14-12-13-15-34/h19-29,31,35,37-38,40H,11-18H2,1-10H3/t19-,20-,21+,22-,23+,24+,25+,26-,27+,28-,29-,31?,32?,33-/m1/s1. The van der Waals surface area contributed by atoms with Gasteiger partial charge in [0.1, 0.15) is 23.9 Å². The molecule has 1 saturated carbocycles. The third-order valence-electron chi connectivity index (χ3n) is 11.1. The van der Waals surface area contributed by atoms with Gasteiger partial charge in [-0.15, -0.1) is 0 Å². The fourth-order valence-corrected chi connectivity index (χ4v) is 8.46. The van der Waals surface area contributed by atoms with Crippen molar-refractivity contribution in [2.24, 2.45) is 17.8 Å². The molecule has 4 fully saturated rings. The molecule has 4 N–H and O–H groups in total. The molecule has 11 heteroatoms. The molecule has 3 heterocycles. The van der Waals surface area contributed by atoms with Crippen LogP contribution < -0.4 is 5.32 Å². The minimum absolute atomic E-state index is 0.0657. The Hall–Kier alpha value is -0.890. The highest BCUT2D eigenvalue weighted by atomic mass is 16.7. The summed E-state index contributed by atoms with van der Waals surface area (Å²) in [5.41, 5.74) is -2.55. The van der Waals surface area contributed by atoms with Gasteiger partial charge >= 0.3 is 5.97 Å². The van der Waals surface area contributed by atoms with Crippen molar-refractivity contribution in [3.63, 3.8) is 0 Å². The summed E-state index contributed by atoms with van der Waals surface area (Å²) in [4.78, 5) is 15.9. The second-order valence-corrected chi connectivity index (χ2v) is 15.4. The van der Waals surface area contributed by atoms with E-state index in [1.54, 1.807) is 6.92 Å². The average Bonchev–Trinajstić information content (AvgIpc) is 3.39. The highest BCUT2D eigenvalue weighted by Gasteiger charge is 2.58. The zero-order chi connectivity index (χ0) is 33.5. The number of hydrogen-bond acceptors (Lipinski definition) is 11. The molecule has 14 atom stereocenters. The van der Waals surface area contributed by atoms with E-state index in [1.165, 1.54) is 6.92 Å². The molecular weight excluding hydrogens is 580 g/mol. The van der Waals surface area contributed by atoms with E-state index in [9.17, 15) is 20.1 Å². The maximum atomic E-state index is 13.9. The van der Waals surface area contributed by atoms with E-state index >= 15 is 0 Å². The largest absolute Gasteiger partial charge is 0.459 e. The van der Waals surface area contributed by atoms with Crippen molar-refractivity contribution in [2.45, 2.75) is 172 Å². The van der Waals surface area contributed by atoms with Gasteiger partial charge in [-0.2, -0.15) is 0 Å². The molecule has 0 aromatic carbocycles. The topological polar surface area (TPSA) is 139 Å². The summed E-state index contributed by atoms with van der Waals surface area (Å²) >= 11 is 0. The molecular formula is C34H62N2O9. The molecule has 4 aliphatic rings. The Morgan fingerprint density at radius 1 is 1.07 bits per heavy atom. The van der Waals surface area contributed by atoms with Gasteiger partial charge in [-0.1, -0.05) is 20.8 Å². The van der Waals surface area contributed by atoms with Crippen molar-refractivity contribution >= 4 is 5.97 Å². The van der Waals surface area contributed by atoms with Crippen molar-refractivity contribution in [3.05, 3.63) is 0 Å². The van der Waals surface area contributed by atoms with E-state index in [1.807, 2.05) is 46.7 Å². The molecule has 2 bridgehead atoms. The predicted octanol–water partition coefficient (Wildman–Crippen LogP) is 2.97. The van der Waals surface area contributed by atoms with Crippen molar-refractivity contribution in [1.82, 2.24) is 10.2 Å². The zero-order valence-electron chi connectivity index (χ0n) is 29.3. The van der Waals surface area contributed by atoms with Gasteiger partial charge in [0.05, 0.1) is 29.8 Å². The van der Waals surface area contributed by atoms with E-state index < -0.39 is 71.7 Å². The van der Waals surface area contributed by atoms with Crippen LogP contribution in [0.25, 0.3) is 0 Å². The Morgan fingerprint density at radius 3 is 2.31 bits per heavy atom. The molecule has 3 saturated heterocycles. The van der Waals surface area contributed by atoms with Gasteiger partial charge in [-0.05, 0) is 93.3 Å². The molecule has 2 unspecified atom stereocenters. The molecule has 1 spiro atoms. The molecule has 11 nitrogen and oxygen atoms in total.